The predicted molar refractivity (Wildman–Crippen MR) is 43.7 cm³/mol. The number of nitrogens with one attached hydrogen (secondary N) is 1. The lowest BCUT2D eigenvalue weighted by Crippen LogP contribution is -2.11. The summed E-state index contributed by atoms with van der Waals surface area (Å²) >= 11 is 5.19. The summed E-state index contributed by atoms with van der Waals surface area (Å²) in [7, 11) is 0. The Balaban J connectivity index is 3.20. The van der Waals surface area contributed by atoms with E-state index in [9.17, 15) is 13.2 Å². The van der Waals surface area contributed by atoms with Crippen LogP contribution >= 0.6 is 11.8 Å². The molecular weight excluding hydrogens is 203 g/mol. The first-order valence-electron chi connectivity index (χ1n) is 3.57. The van der Waals surface area contributed by atoms with E-state index in [0.717, 1.165) is 0 Å². The van der Waals surface area contributed by atoms with Gasteiger partial charge in [-0.3, -0.25) is 0 Å². The Morgan fingerprint density at radius 1 is 1.23 bits per heavy atom. The summed E-state index contributed by atoms with van der Waals surface area (Å²) < 4.78 is 38.4. The largest absolute Gasteiger partial charge is 0.226 e. The summed E-state index contributed by atoms with van der Waals surface area (Å²) in [4.78, 5) is 2.15. The molecule has 13 heavy (non-hydrogen) atoms. The SMILES string of the molecule is C[C@@H](NCl)c1c(F)cc(F)cc1F. The van der Waals surface area contributed by atoms with E-state index in [0.29, 0.717) is 12.1 Å². The van der Waals surface area contributed by atoms with Crippen molar-refractivity contribution >= 4 is 11.8 Å². The van der Waals surface area contributed by atoms with Crippen LogP contribution in [0.2, 0.25) is 0 Å². The fourth-order valence-corrected chi connectivity index (χ4v) is 1.13. The zero-order chi connectivity index (χ0) is 10.0. The molecule has 5 heteroatoms. The summed E-state index contributed by atoms with van der Waals surface area (Å²) in [5.41, 5.74) is -0.267. The van der Waals surface area contributed by atoms with Gasteiger partial charge in [0.25, 0.3) is 0 Å². The van der Waals surface area contributed by atoms with Gasteiger partial charge in [-0.1, -0.05) is 0 Å². The van der Waals surface area contributed by atoms with E-state index >= 15 is 0 Å². The third-order valence-electron chi connectivity index (χ3n) is 1.64. The summed E-state index contributed by atoms with van der Waals surface area (Å²) in [6, 6.07) is 0.522. The molecule has 0 amide bonds. The minimum Gasteiger partial charge on any atom is -0.226 e. The maximum Gasteiger partial charge on any atom is 0.133 e. The summed E-state index contributed by atoms with van der Waals surface area (Å²) in [6.45, 7) is 1.46. The van der Waals surface area contributed by atoms with Crippen LogP contribution < -0.4 is 4.84 Å². The molecule has 0 radical (unpaired) electrons. The highest BCUT2D eigenvalue weighted by Gasteiger charge is 2.16. The number of benzene rings is 1. The molecule has 0 fully saturated rings. The molecule has 0 saturated carbocycles. The molecule has 0 spiro atoms. The predicted octanol–water partition coefficient (Wildman–Crippen LogP) is 2.91. The number of hydrogen-bond acceptors (Lipinski definition) is 1. The first kappa shape index (κ1) is 10.3. The van der Waals surface area contributed by atoms with Crippen molar-refractivity contribution in [2.75, 3.05) is 0 Å². The maximum atomic E-state index is 13.0. The third kappa shape index (κ3) is 2.14. The molecular formula is C8H7ClF3N. The average Bonchev–Trinajstić information content (AvgIpc) is 2.02. The number of rotatable bonds is 2. The van der Waals surface area contributed by atoms with Crippen molar-refractivity contribution in [3.8, 4) is 0 Å². The summed E-state index contributed by atoms with van der Waals surface area (Å²) in [5.74, 6) is -2.84. The van der Waals surface area contributed by atoms with Crippen molar-refractivity contribution in [2.45, 2.75) is 13.0 Å². The van der Waals surface area contributed by atoms with Crippen LogP contribution in [0, 0.1) is 17.5 Å². The lowest BCUT2D eigenvalue weighted by molar-refractivity contribution is 0.503. The minimum absolute atomic E-state index is 0.267. The lowest BCUT2D eigenvalue weighted by atomic mass is 10.1. The second-order valence-electron chi connectivity index (χ2n) is 2.61. The standard InChI is InChI=1S/C8H7ClF3N/c1-4(13-9)8-6(11)2-5(10)3-7(8)12/h2-4,13H,1H3/t4-/m1/s1. The van der Waals surface area contributed by atoms with E-state index in [1.54, 1.807) is 0 Å². The van der Waals surface area contributed by atoms with Gasteiger partial charge in [-0.05, 0) is 18.7 Å². The van der Waals surface area contributed by atoms with Gasteiger partial charge in [0, 0.05) is 23.7 Å². The lowest BCUT2D eigenvalue weighted by Gasteiger charge is -2.10. The van der Waals surface area contributed by atoms with Crippen molar-refractivity contribution < 1.29 is 13.2 Å². The van der Waals surface area contributed by atoms with E-state index in [1.807, 2.05) is 0 Å². The van der Waals surface area contributed by atoms with Crippen LogP contribution in [0.1, 0.15) is 18.5 Å². The molecule has 0 saturated heterocycles. The highest BCUT2D eigenvalue weighted by molar-refractivity contribution is 6.13. The minimum atomic E-state index is -0.946. The Kier molecular flexibility index (Phi) is 3.17. The van der Waals surface area contributed by atoms with Gasteiger partial charge >= 0.3 is 0 Å². The fraction of sp³-hybridized carbons (Fsp3) is 0.250. The molecule has 1 aromatic carbocycles. The fourth-order valence-electron chi connectivity index (χ4n) is 1.02. The maximum absolute atomic E-state index is 13.0. The average molecular weight is 210 g/mol. The molecule has 0 aliphatic heterocycles. The van der Waals surface area contributed by atoms with E-state index in [1.165, 1.54) is 6.92 Å². The van der Waals surface area contributed by atoms with Crippen molar-refractivity contribution in [1.82, 2.24) is 4.84 Å². The molecule has 1 atom stereocenters. The van der Waals surface area contributed by atoms with Gasteiger partial charge in [0.05, 0.1) is 0 Å². The van der Waals surface area contributed by atoms with Crippen LogP contribution in [0.15, 0.2) is 12.1 Å². The molecule has 0 unspecified atom stereocenters. The highest BCUT2D eigenvalue weighted by Crippen LogP contribution is 2.21. The Morgan fingerprint density at radius 2 is 1.69 bits per heavy atom. The first-order chi connectivity index (χ1) is 6.06. The Morgan fingerprint density at radius 3 is 2.08 bits per heavy atom. The smallest absolute Gasteiger partial charge is 0.133 e. The summed E-state index contributed by atoms with van der Waals surface area (Å²) in [6.07, 6.45) is 0. The zero-order valence-electron chi connectivity index (χ0n) is 6.74. The van der Waals surface area contributed by atoms with E-state index in [2.05, 4.69) is 4.84 Å². The molecule has 0 bridgehead atoms. The van der Waals surface area contributed by atoms with Crippen molar-refractivity contribution in [3.63, 3.8) is 0 Å². The molecule has 0 aromatic heterocycles. The quantitative estimate of drug-likeness (QED) is 0.739. The first-order valence-corrected chi connectivity index (χ1v) is 3.94. The Labute approximate surface area is 78.6 Å². The third-order valence-corrected chi connectivity index (χ3v) is 1.97. The highest BCUT2D eigenvalue weighted by atomic mass is 35.5. The van der Waals surface area contributed by atoms with Crippen LogP contribution in [0.25, 0.3) is 0 Å². The molecule has 1 rings (SSSR count). The molecule has 1 nitrogen and oxygen atoms in total. The van der Waals surface area contributed by atoms with Crippen LogP contribution in [0.3, 0.4) is 0 Å². The zero-order valence-corrected chi connectivity index (χ0v) is 7.50. The van der Waals surface area contributed by atoms with Gasteiger partial charge in [-0.25, -0.2) is 18.0 Å². The van der Waals surface area contributed by atoms with Gasteiger partial charge in [0.15, 0.2) is 0 Å². The van der Waals surface area contributed by atoms with Gasteiger partial charge in [-0.15, -0.1) is 0 Å². The molecule has 72 valence electrons. The molecule has 0 aliphatic carbocycles. The van der Waals surface area contributed by atoms with Crippen molar-refractivity contribution in [3.05, 3.63) is 35.1 Å². The Hall–Kier alpha value is -0.740. The monoisotopic (exact) mass is 209 g/mol. The van der Waals surface area contributed by atoms with Crippen LogP contribution in [-0.4, -0.2) is 0 Å². The normalized spacial score (nSPS) is 13.0. The Bertz CT molecular complexity index is 293. The number of hydrogen-bond donors (Lipinski definition) is 1. The van der Waals surface area contributed by atoms with E-state index in [-0.39, 0.29) is 5.56 Å². The van der Waals surface area contributed by atoms with E-state index < -0.39 is 23.5 Å². The molecule has 1 aromatic rings. The second kappa shape index (κ2) is 3.98. The summed E-state index contributed by atoms with van der Waals surface area (Å²) in [5, 5.41) is 0. The van der Waals surface area contributed by atoms with Gasteiger partial charge in [-0.2, -0.15) is 0 Å². The van der Waals surface area contributed by atoms with E-state index in [4.69, 9.17) is 11.8 Å². The van der Waals surface area contributed by atoms with Gasteiger partial charge < -0.3 is 0 Å². The van der Waals surface area contributed by atoms with Crippen LogP contribution in [0.4, 0.5) is 13.2 Å². The topological polar surface area (TPSA) is 12.0 Å². The van der Waals surface area contributed by atoms with Crippen molar-refractivity contribution in [1.29, 1.82) is 0 Å². The van der Waals surface area contributed by atoms with Crippen LogP contribution in [-0.2, 0) is 0 Å². The van der Waals surface area contributed by atoms with Gasteiger partial charge in [0.1, 0.15) is 17.5 Å². The van der Waals surface area contributed by atoms with Gasteiger partial charge in [0.2, 0.25) is 0 Å². The molecule has 1 N–H and O–H groups in total. The molecule has 0 heterocycles. The van der Waals surface area contributed by atoms with Crippen molar-refractivity contribution in [2.24, 2.45) is 0 Å². The molecule has 0 aliphatic rings. The van der Waals surface area contributed by atoms with Crippen LogP contribution in [0.5, 0.6) is 0 Å². The second-order valence-corrected chi connectivity index (χ2v) is 2.83. The number of halogens is 4.